The monoisotopic (exact) mass is 233 g/mol. The Labute approximate surface area is 101 Å². The molecular formula is C12H19N5. The average molecular weight is 233 g/mol. The molecule has 17 heavy (non-hydrogen) atoms. The van der Waals surface area contributed by atoms with Crippen LogP contribution in [-0.2, 0) is 0 Å². The largest absolute Gasteiger partial charge is 0.355 e. The highest BCUT2D eigenvalue weighted by atomic mass is 15.2. The summed E-state index contributed by atoms with van der Waals surface area (Å²) in [5, 5.41) is 3.30. The van der Waals surface area contributed by atoms with Crippen molar-refractivity contribution in [3.05, 3.63) is 12.3 Å². The summed E-state index contributed by atoms with van der Waals surface area (Å²) in [4.78, 5) is 11.0. The third kappa shape index (κ3) is 2.66. The van der Waals surface area contributed by atoms with Gasteiger partial charge in [-0.1, -0.05) is 0 Å². The Balaban J connectivity index is 1.65. The molecule has 1 aliphatic heterocycles. The van der Waals surface area contributed by atoms with Crippen molar-refractivity contribution in [2.45, 2.75) is 25.3 Å². The maximum Gasteiger partial charge on any atom is 0.224 e. The molecular weight excluding hydrogens is 214 g/mol. The van der Waals surface area contributed by atoms with E-state index in [9.17, 15) is 0 Å². The van der Waals surface area contributed by atoms with Gasteiger partial charge in [-0.2, -0.15) is 4.98 Å². The fourth-order valence-electron chi connectivity index (χ4n) is 2.16. The second-order valence-electron chi connectivity index (χ2n) is 5.06. The summed E-state index contributed by atoms with van der Waals surface area (Å²) in [5.74, 6) is 2.57. The topological polar surface area (TPSA) is 67.1 Å². The van der Waals surface area contributed by atoms with Crippen molar-refractivity contribution < 1.29 is 0 Å². The molecule has 3 rings (SSSR count). The first-order chi connectivity index (χ1) is 8.31. The Bertz CT molecular complexity index is 390. The van der Waals surface area contributed by atoms with Crippen LogP contribution in [0.2, 0.25) is 0 Å². The molecule has 0 amide bonds. The molecule has 1 aromatic rings. The predicted octanol–water partition coefficient (Wildman–Crippen LogP) is 0.836. The molecule has 5 nitrogen and oxygen atoms in total. The minimum atomic E-state index is 0.285. The van der Waals surface area contributed by atoms with Crippen LogP contribution in [0.25, 0.3) is 0 Å². The number of rotatable bonds is 4. The molecule has 1 atom stereocenters. The van der Waals surface area contributed by atoms with Gasteiger partial charge in [0.1, 0.15) is 5.82 Å². The van der Waals surface area contributed by atoms with Gasteiger partial charge in [0.25, 0.3) is 0 Å². The van der Waals surface area contributed by atoms with Crippen LogP contribution in [0, 0.1) is 5.92 Å². The molecule has 1 saturated carbocycles. The van der Waals surface area contributed by atoms with E-state index in [4.69, 9.17) is 5.73 Å². The van der Waals surface area contributed by atoms with E-state index < -0.39 is 0 Å². The van der Waals surface area contributed by atoms with Crippen molar-refractivity contribution in [2.75, 3.05) is 29.9 Å². The standard InChI is InChI=1S/C12H19N5/c13-10-4-6-17(8-10)11-3-5-14-12(16-11)15-7-9-1-2-9/h3,5,9-10H,1-2,4,6-8,13H2,(H,14,15,16)/t10-/m1/s1. The zero-order valence-corrected chi connectivity index (χ0v) is 9.97. The van der Waals surface area contributed by atoms with Crippen LogP contribution < -0.4 is 16.0 Å². The maximum atomic E-state index is 5.91. The third-order valence-electron chi connectivity index (χ3n) is 3.44. The Hall–Kier alpha value is -1.36. The van der Waals surface area contributed by atoms with Gasteiger partial charge < -0.3 is 16.0 Å². The van der Waals surface area contributed by atoms with E-state index in [1.807, 2.05) is 12.3 Å². The van der Waals surface area contributed by atoms with Crippen molar-refractivity contribution in [1.29, 1.82) is 0 Å². The zero-order chi connectivity index (χ0) is 11.7. The predicted molar refractivity (Wildman–Crippen MR) is 68.1 cm³/mol. The average Bonchev–Trinajstić information content (AvgIpc) is 3.08. The van der Waals surface area contributed by atoms with Crippen LogP contribution in [-0.4, -0.2) is 35.6 Å². The Morgan fingerprint density at radius 1 is 1.41 bits per heavy atom. The number of anilines is 2. The lowest BCUT2D eigenvalue weighted by molar-refractivity contribution is 0.751. The molecule has 0 spiro atoms. The van der Waals surface area contributed by atoms with Gasteiger partial charge in [-0.15, -0.1) is 0 Å². The summed E-state index contributed by atoms with van der Waals surface area (Å²) in [5.41, 5.74) is 5.91. The zero-order valence-electron chi connectivity index (χ0n) is 9.97. The van der Waals surface area contributed by atoms with Crippen LogP contribution >= 0.6 is 0 Å². The molecule has 0 radical (unpaired) electrons. The van der Waals surface area contributed by atoms with Crippen molar-refractivity contribution in [3.8, 4) is 0 Å². The van der Waals surface area contributed by atoms with Crippen molar-refractivity contribution in [3.63, 3.8) is 0 Å². The van der Waals surface area contributed by atoms with Crippen molar-refractivity contribution in [2.24, 2.45) is 11.7 Å². The molecule has 3 N–H and O–H groups in total. The molecule has 92 valence electrons. The molecule has 1 aromatic heterocycles. The molecule has 1 saturated heterocycles. The van der Waals surface area contributed by atoms with Crippen LogP contribution in [0.3, 0.4) is 0 Å². The molecule has 2 aliphatic rings. The molecule has 0 unspecified atom stereocenters. The molecule has 2 fully saturated rings. The van der Waals surface area contributed by atoms with Crippen LogP contribution in [0.4, 0.5) is 11.8 Å². The summed E-state index contributed by atoms with van der Waals surface area (Å²) in [6.45, 7) is 2.91. The van der Waals surface area contributed by atoms with Gasteiger partial charge in [-0.25, -0.2) is 4.98 Å². The van der Waals surface area contributed by atoms with Crippen molar-refractivity contribution >= 4 is 11.8 Å². The van der Waals surface area contributed by atoms with E-state index in [2.05, 4.69) is 20.2 Å². The highest BCUT2D eigenvalue weighted by Crippen LogP contribution is 2.28. The van der Waals surface area contributed by atoms with Crippen LogP contribution in [0.15, 0.2) is 12.3 Å². The quantitative estimate of drug-likeness (QED) is 0.806. The molecule has 0 aromatic carbocycles. The lowest BCUT2D eigenvalue weighted by atomic mass is 10.3. The minimum absolute atomic E-state index is 0.285. The molecule has 5 heteroatoms. The van der Waals surface area contributed by atoms with Gasteiger partial charge >= 0.3 is 0 Å². The van der Waals surface area contributed by atoms with E-state index in [1.54, 1.807) is 0 Å². The summed E-state index contributed by atoms with van der Waals surface area (Å²) in [7, 11) is 0. The second-order valence-corrected chi connectivity index (χ2v) is 5.06. The SMILES string of the molecule is N[C@@H]1CCN(c2ccnc(NCC3CC3)n2)C1. The normalized spacial score (nSPS) is 24.1. The van der Waals surface area contributed by atoms with Crippen molar-refractivity contribution in [1.82, 2.24) is 9.97 Å². The van der Waals surface area contributed by atoms with Gasteiger partial charge in [0, 0.05) is 31.9 Å². The number of hydrogen-bond acceptors (Lipinski definition) is 5. The Kier molecular flexibility index (Phi) is 2.84. The number of nitrogens with two attached hydrogens (primary N) is 1. The van der Waals surface area contributed by atoms with E-state index in [-0.39, 0.29) is 6.04 Å². The Morgan fingerprint density at radius 3 is 3.00 bits per heavy atom. The first-order valence-corrected chi connectivity index (χ1v) is 6.39. The van der Waals surface area contributed by atoms with Gasteiger partial charge in [0.05, 0.1) is 0 Å². The number of nitrogens with one attached hydrogen (secondary N) is 1. The number of aromatic nitrogens is 2. The van der Waals surface area contributed by atoms with E-state index in [0.29, 0.717) is 0 Å². The maximum absolute atomic E-state index is 5.91. The molecule has 2 heterocycles. The van der Waals surface area contributed by atoms with Gasteiger partial charge in [0.2, 0.25) is 5.95 Å². The van der Waals surface area contributed by atoms with Gasteiger partial charge in [0.15, 0.2) is 0 Å². The third-order valence-corrected chi connectivity index (χ3v) is 3.44. The van der Waals surface area contributed by atoms with Gasteiger partial charge in [-0.05, 0) is 31.2 Å². The lowest BCUT2D eigenvalue weighted by Crippen LogP contribution is -2.27. The first-order valence-electron chi connectivity index (χ1n) is 6.39. The fourth-order valence-corrected chi connectivity index (χ4v) is 2.16. The lowest BCUT2D eigenvalue weighted by Gasteiger charge is -2.17. The van der Waals surface area contributed by atoms with E-state index in [1.165, 1.54) is 12.8 Å². The molecule has 0 bridgehead atoms. The highest BCUT2D eigenvalue weighted by molar-refractivity contribution is 5.43. The number of nitrogens with zero attached hydrogens (tertiary/aromatic N) is 3. The second kappa shape index (κ2) is 4.49. The number of hydrogen-bond donors (Lipinski definition) is 2. The summed E-state index contributed by atoms with van der Waals surface area (Å²) in [6.07, 6.45) is 5.55. The summed E-state index contributed by atoms with van der Waals surface area (Å²) in [6, 6.07) is 2.24. The van der Waals surface area contributed by atoms with Crippen LogP contribution in [0.5, 0.6) is 0 Å². The fraction of sp³-hybridized carbons (Fsp3) is 0.667. The van der Waals surface area contributed by atoms with E-state index >= 15 is 0 Å². The minimum Gasteiger partial charge on any atom is -0.355 e. The van der Waals surface area contributed by atoms with Gasteiger partial charge in [-0.3, -0.25) is 0 Å². The summed E-state index contributed by atoms with van der Waals surface area (Å²) >= 11 is 0. The Morgan fingerprint density at radius 2 is 2.29 bits per heavy atom. The van der Waals surface area contributed by atoms with E-state index in [0.717, 1.165) is 43.7 Å². The highest BCUT2D eigenvalue weighted by Gasteiger charge is 2.22. The first kappa shape index (κ1) is 10.8. The molecule has 1 aliphatic carbocycles. The van der Waals surface area contributed by atoms with Crippen LogP contribution in [0.1, 0.15) is 19.3 Å². The smallest absolute Gasteiger partial charge is 0.224 e. The summed E-state index contributed by atoms with van der Waals surface area (Å²) < 4.78 is 0.